The van der Waals surface area contributed by atoms with E-state index < -0.39 is 22.9 Å². The molecule has 1 saturated carbocycles. The van der Waals surface area contributed by atoms with Crippen molar-refractivity contribution in [1.82, 2.24) is 0 Å². The monoisotopic (exact) mass is 351 g/mol. The standard InChI is InChI=1S/C14H17BrF3NO/c15-9-6-10(12(20)11(7-9)14(16,17)18)13(8-19)4-2-1-3-5-13/h6-7,20H,1-5,8,19H2. The fourth-order valence-electron chi connectivity index (χ4n) is 3.03. The zero-order valence-electron chi connectivity index (χ0n) is 10.9. The first-order valence-corrected chi connectivity index (χ1v) is 7.40. The molecule has 0 aromatic heterocycles. The number of nitrogens with two attached hydrogens (primary N) is 1. The van der Waals surface area contributed by atoms with E-state index in [-0.39, 0.29) is 6.54 Å². The molecule has 1 aliphatic carbocycles. The Hall–Kier alpha value is -0.750. The summed E-state index contributed by atoms with van der Waals surface area (Å²) in [4.78, 5) is 0. The molecule has 1 fully saturated rings. The fourth-order valence-corrected chi connectivity index (χ4v) is 3.49. The minimum atomic E-state index is -4.58. The van der Waals surface area contributed by atoms with Crippen LogP contribution in [0.4, 0.5) is 13.2 Å². The Balaban J connectivity index is 2.58. The number of phenols is 1. The van der Waals surface area contributed by atoms with Crippen LogP contribution in [0.5, 0.6) is 5.75 Å². The number of alkyl halides is 3. The van der Waals surface area contributed by atoms with E-state index in [0.717, 1.165) is 25.3 Å². The molecule has 1 aliphatic rings. The van der Waals surface area contributed by atoms with E-state index in [1.54, 1.807) is 6.07 Å². The first kappa shape index (κ1) is 15.6. The summed E-state index contributed by atoms with van der Waals surface area (Å²) in [5.74, 6) is -0.673. The van der Waals surface area contributed by atoms with E-state index in [1.807, 2.05) is 0 Å². The number of hydrogen-bond acceptors (Lipinski definition) is 2. The lowest BCUT2D eigenvalue weighted by atomic mass is 9.69. The number of rotatable bonds is 2. The molecule has 2 nitrogen and oxygen atoms in total. The van der Waals surface area contributed by atoms with E-state index in [9.17, 15) is 18.3 Å². The number of aromatic hydroxyl groups is 1. The molecule has 0 radical (unpaired) electrons. The summed E-state index contributed by atoms with van der Waals surface area (Å²) < 4.78 is 39.3. The van der Waals surface area contributed by atoms with Crippen LogP contribution in [-0.4, -0.2) is 11.7 Å². The molecule has 3 N–H and O–H groups in total. The molecule has 0 bridgehead atoms. The Morgan fingerprint density at radius 3 is 2.30 bits per heavy atom. The molecule has 0 amide bonds. The molecule has 0 spiro atoms. The van der Waals surface area contributed by atoms with Gasteiger partial charge in [0.25, 0.3) is 0 Å². The van der Waals surface area contributed by atoms with Gasteiger partial charge in [-0.3, -0.25) is 0 Å². The lowest BCUT2D eigenvalue weighted by Crippen LogP contribution is -2.37. The molecular weight excluding hydrogens is 335 g/mol. The van der Waals surface area contributed by atoms with Crippen LogP contribution in [0.3, 0.4) is 0 Å². The second-order valence-corrected chi connectivity index (χ2v) is 6.31. The summed E-state index contributed by atoms with van der Waals surface area (Å²) in [6.45, 7) is 0.244. The van der Waals surface area contributed by atoms with Crippen LogP contribution in [0, 0.1) is 0 Å². The second-order valence-electron chi connectivity index (χ2n) is 5.39. The van der Waals surface area contributed by atoms with E-state index in [4.69, 9.17) is 5.73 Å². The molecule has 0 atom stereocenters. The second kappa shape index (κ2) is 5.56. The zero-order chi connectivity index (χ0) is 15.0. The van der Waals surface area contributed by atoms with E-state index >= 15 is 0 Å². The maximum absolute atomic E-state index is 13.0. The van der Waals surface area contributed by atoms with Crippen molar-refractivity contribution in [3.8, 4) is 5.75 Å². The lowest BCUT2D eigenvalue weighted by Gasteiger charge is -2.37. The van der Waals surface area contributed by atoms with Gasteiger partial charge in [0.1, 0.15) is 5.75 Å². The Kier molecular flexibility index (Phi) is 4.35. The van der Waals surface area contributed by atoms with Crippen LogP contribution in [0.25, 0.3) is 0 Å². The van der Waals surface area contributed by atoms with E-state index in [1.165, 1.54) is 0 Å². The van der Waals surface area contributed by atoms with Gasteiger partial charge in [-0.05, 0) is 25.0 Å². The first-order chi connectivity index (χ1) is 9.30. The van der Waals surface area contributed by atoms with Gasteiger partial charge in [-0.2, -0.15) is 13.2 Å². The van der Waals surface area contributed by atoms with Crippen LogP contribution in [0.2, 0.25) is 0 Å². The average Bonchev–Trinajstić information content (AvgIpc) is 2.40. The number of hydrogen-bond donors (Lipinski definition) is 2. The largest absolute Gasteiger partial charge is 0.507 e. The molecule has 6 heteroatoms. The van der Waals surface area contributed by atoms with Gasteiger partial charge in [0.15, 0.2) is 0 Å². The molecule has 1 aromatic carbocycles. The van der Waals surface area contributed by atoms with Gasteiger partial charge in [0, 0.05) is 22.0 Å². The summed E-state index contributed by atoms with van der Waals surface area (Å²) >= 11 is 3.11. The third-order valence-electron chi connectivity index (χ3n) is 4.15. The Morgan fingerprint density at radius 1 is 1.20 bits per heavy atom. The van der Waals surface area contributed by atoms with Gasteiger partial charge in [0.05, 0.1) is 5.56 Å². The normalized spacial score (nSPS) is 19.1. The molecular formula is C14H17BrF3NO. The maximum atomic E-state index is 13.0. The molecule has 0 aliphatic heterocycles. The highest BCUT2D eigenvalue weighted by molar-refractivity contribution is 9.10. The van der Waals surface area contributed by atoms with Gasteiger partial charge in [0.2, 0.25) is 0 Å². The Labute approximate surface area is 124 Å². The third kappa shape index (κ3) is 2.81. The predicted octanol–water partition coefficient (Wildman–Crippen LogP) is 4.33. The van der Waals surface area contributed by atoms with E-state index in [0.29, 0.717) is 22.9 Å². The Bertz CT molecular complexity index is 496. The van der Waals surface area contributed by atoms with Gasteiger partial charge in [-0.25, -0.2) is 0 Å². The SMILES string of the molecule is NCC1(c2cc(Br)cc(C(F)(F)F)c2O)CCCCC1. The first-order valence-electron chi connectivity index (χ1n) is 6.60. The van der Waals surface area contributed by atoms with Gasteiger partial charge in [-0.15, -0.1) is 0 Å². The molecule has 20 heavy (non-hydrogen) atoms. The van der Waals surface area contributed by atoms with Crippen molar-refractivity contribution in [3.05, 3.63) is 27.7 Å². The highest BCUT2D eigenvalue weighted by atomic mass is 79.9. The van der Waals surface area contributed by atoms with Crippen LogP contribution in [0.1, 0.15) is 43.2 Å². The minimum Gasteiger partial charge on any atom is -0.507 e. The molecule has 112 valence electrons. The van der Waals surface area contributed by atoms with Crippen molar-refractivity contribution in [2.45, 2.75) is 43.7 Å². The van der Waals surface area contributed by atoms with Crippen LogP contribution >= 0.6 is 15.9 Å². The summed E-state index contributed by atoms with van der Waals surface area (Å²) in [5.41, 5.74) is 4.61. The fraction of sp³-hybridized carbons (Fsp3) is 0.571. The third-order valence-corrected chi connectivity index (χ3v) is 4.61. The van der Waals surface area contributed by atoms with Gasteiger partial charge in [-0.1, -0.05) is 35.2 Å². The van der Waals surface area contributed by atoms with E-state index in [2.05, 4.69) is 15.9 Å². The molecule has 0 saturated heterocycles. The number of halogens is 4. The zero-order valence-corrected chi connectivity index (χ0v) is 12.5. The van der Waals surface area contributed by atoms with Crippen molar-refractivity contribution >= 4 is 15.9 Å². The number of benzene rings is 1. The highest BCUT2D eigenvalue weighted by Crippen LogP contribution is 2.47. The smallest absolute Gasteiger partial charge is 0.420 e. The van der Waals surface area contributed by atoms with Crippen molar-refractivity contribution in [1.29, 1.82) is 0 Å². The van der Waals surface area contributed by atoms with Crippen LogP contribution < -0.4 is 5.73 Å². The molecule has 2 rings (SSSR count). The van der Waals surface area contributed by atoms with Gasteiger partial charge < -0.3 is 10.8 Å². The predicted molar refractivity (Wildman–Crippen MR) is 74.6 cm³/mol. The summed E-state index contributed by atoms with van der Waals surface area (Å²) in [6.07, 6.45) is -0.250. The average molecular weight is 352 g/mol. The molecule has 0 heterocycles. The summed E-state index contributed by atoms with van der Waals surface area (Å²) in [6, 6.07) is 2.48. The Morgan fingerprint density at radius 2 is 1.80 bits per heavy atom. The van der Waals surface area contributed by atoms with Crippen molar-refractivity contribution in [2.75, 3.05) is 6.54 Å². The van der Waals surface area contributed by atoms with Gasteiger partial charge >= 0.3 is 6.18 Å². The van der Waals surface area contributed by atoms with Crippen molar-refractivity contribution < 1.29 is 18.3 Å². The lowest BCUT2D eigenvalue weighted by molar-refractivity contribution is -0.138. The van der Waals surface area contributed by atoms with Crippen molar-refractivity contribution in [2.24, 2.45) is 5.73 Å². The summed E-state index contributed by atoms with van der Waals surface area (Å²) in [5, 5.41) is 10.1. The quantitative estimate of drug-likeness (QED) is 0.832. The summed E-state index contributed by atoms with van der Waals surface area (Å²) in [7, 11) is 0. The minimum absolute atomic E-state index is 0.244. The maximum Gasteiger partial charge on any atom is 0.420 e. The van der Waals surface area contributed by atoms with Crippen LogP contribution in [-0.2, 0) is 11.6 Å². The van der Waals surface area contributed by atoms with Crippen molar-refractivity contribution in [3.63, 3.8) is 0 Å². The molecule has 1 aromatic rings. The van der Waals surface area contributed by atoms with Crippen LogP contribution in [0.15, 0.2) is 16.6 Å². The molecule has 0 unspecified atom stereocenters. The highest BCUT2D eigenvalue weighted by Gasteiger charge is 2.40. The number of phenolic OH excluding ortho intramolecular Hbond substituents is 1. The topological polar surface area (TPSA) is 46.2 Å².